The lowest BCUT2D eigenvalue weighted by atomic mass is 10.1. The Kier molecular flexibility index (Phi) is 8.60. The van der Waals surface area contributed by atoms with Crippen LogP contribution in [0.2, 0.25) is 0 Å². The number of unbranched alkanes of at least 4 members (excludes halogenated alkanes) is 2. The number of para-hydroxylation sites is 1. The Hall–Kier alpha value is -3.78. The van der Waals surface area contributed by atoms with E-state index in [1.807, 2.05) is 79.7 Å². The minimum atomic E-state index is -0.505. The van der Waals surface area contributed by atoms with Crippen LogP contribution in [0.5, 0.6) is 17.4 Å². The fraction of sp³-hybridized carbons (Fsp3) is 0.300. The predicted molar refractivity (Wildman–Crippen MR) is 151 cm³/mol. The van der Waals surface area contributed by atoms with E-state index >= 15 is 0 Å². The number of rotatable bonds is 11. The van der Waals surface area contributed by atoms with Crippen molar-refractivity contribution in [1.82, 2.24) is 15.2 Å². The van der Waals surface area contributed by atoms with E-state index in [-0.39, 0.29) is 0 Å². The van der Waals surface area contributed by atoms with Crippen LogP contribution in [0.3, 0.4) is 0 Å². The van der Waals surface area contributed by atoms with Crippen molar-refractivity contribution in [2.24, 2.45) is 0 Å². The fourth-order valence-electron chi connectivity index (χ4n) is 4.19. The summed E-state index contributed by atoms with van der Waals surface area (Å²) < 4.78 is 18.5. The Morgan fingerprint density at radius 2 is 1.74 bits per heavy atom. The molecule has 0 radical (unpaired) electrons. The molecule has 1 N–H and O–H groups in total. The summed E-state index contributed by atoms with van der Waals surface area (Å²) in [5.74, 6) is 2.76. The van der Waals surface area contributed by atoms with Gasteiger partial charge in [-0.25, -0.2) is 0 Å². The van der Waals surface area contributed by atoms with Crippen molar-refractivity contribution in [3.8, 4) is 28.6 Å². The Labute approximate surface area is 228 Å². The third kappa shape index (κ3) is 6.19. The summed E-state index contributed by atoms with van der Waals surface area (Å²) in [4.78, 5) is 4.76. The lowest BCUT2D eigenvalue weighted by Gasteiger charge is -2.21. The van der Waals surface area contributed by atoms with Crippen LogP contribution < -0.4 is 19.5 Å². The molecule has 2 heterocycles. The Morgan fingerprint density at radius 3 is 2.58 bits per heavy atom. The first-order valence-electron chi connectivity index (χ1n) is 13.1. The van der Waals surface area contributed by atoms with Crippen LogP contribution in [0.1, 0.15) is 50.5 Å². The van der Waals surface area contributed by atoms with Crippen LogP contribution in [0.4, 0.5) is 5.69 Å². The molecule has 0 aliphatic carbocycles. The van der Waals surface area contributed by atoms with Gasteiger partial charge in [0.15, 0.2) is 23.4 Å². The molecule has 1 atom stereocenters. The lowest BCUT2D eigenvalue weighted by molar-refractivity contribution is 0.223. The van der Waals surface area contributed by atoms with Gasteiger partial charge in [-0.05, 0) is 43.2 Å². The van der Waals surface area contributed by atoms with E-state index in [0.29, 0.717) is 41.4 Å². The average Bonchev–Trinajstić information content (AvgIpc) is 3.12. The number of hydrogen-bond acceptors (Lipinski definition) is 8. The van der Waals surface area contributed by atoms with Gasteiger partial charge in [-0.3, -0.25) is 0 Å². The van der Waals surface area contributed by atoms with E-state index in [1.54, 1.807) is 11.8 Å². The molecule has 0 saturated heterocycles. The SMILES string of the molecule is CCCCCSc1nnc2c(n1)OC(c1ccc(OCc3ccccc3)c(OCC)c1)Nc1ccccc1-2. The van der Waals surface area contributed by atoms with Gasteiger partial charge < -0.3 is 19.5 Å². The second kappa shape index (κ2) is 12.6. The molecule has 1 aliphatic heterocycles. The third-order valence-corrected chi connectivity index (χ3v) is 7.04. The van der Waals surface area contributed by atoms with Crippen LogP contribution >= 0.6 is 11.8 Å². The number of aromatic nitrogens is 3. The molecular formula is C30H32N4O3S. The summed E-state index contributed by atoms with van der Waals surface area (Å²) in [5, 5.41) is 13.0. The number of fused-ring (bicyclic) bond motifs is 3. The van der Waals surface area contributed by atoms with E-state index in [9.17, 15) is 0 Å². The number of thioether (sulfide) groups is 1. The molecule has 7 nitrogen and oxygen atoms in total. The molecule has 1 aliphatic rings. The molecule has 0 spiro atoms. The number of benzene rings is 3. The van der Waals surface area contributed by atoms with Gasteiger partial charge in [-0.15, -0.1) is 10.2 Å². The Morgan fingerprint density at radius 1 is 0.895 bits per heavy atom. The second-order valence-electron chi connectivity index (χ2n) is 8.90. The molecule has 1 aromatic heterocycles. The molecular weight excluding hydrogens is 496 g/mol. The molecule has 196 valence electrons. The summed E-state index contributed by atoms with van der Waals surface area (Å²) in [6.07, 6.45) is 2.98. The third-order valence-electron chi connectivity index (χ3n) is 6.12. The van der Waals surface area contributed by atoms with E-state index in [1.165, 1.54) is 12.8 Å². The van der Waals surface area contributed by atoms with Crippen LogP contribution in [0.15, 0.2) is 78.0 Å². The highest BCUT2D eigenvalue weighted by Gasteiger charge is 2.27. The van der Waals surface area contributed by atoms with E-state index < -0.39 is 6.23 Å². The molecule has 5 rings (SSSR count). The maximum Gasteiger partial charge on any atom is 0.247 e. The Balaban J connectivity index is 1.43. The van der Waals surface area contributed by atoms with Gasteiger partial charge in [-0.2, -0.15) is 4.98 Å². The zero-order valence-corrected chi connectivity index (χ0v) is 22.5. The molecule has 0 fully saturated rings. The molecule has 8 heteroatoms. The van der Waals surface area contributed by atoms with Crippen LogP contribution in [-0.4, -0.2) is 27.5 Å². The standard InChI is InChI=1S/C30H32N4O3S/c1-3-5-11-18-38-30-32-29-27(33-34-30)23-14-9-10-15-24(23)31-28(37-29)22-16-17-25(26(19-22)35-4-2)36-20-21-12-7-6-8-13-21/h6-10,12-17,19,28,31H,3-5,11,18,20H2,1-2H3. The largest absolute Gasteiger partial charge is 0.490 e. The maximum absolute atomic E-state index is 6.46. The number of ether oxygens (including phenoxy) is 3. The number of hydrogen-bond donors (Lipinski definition) is 1. The molecule has 4 aromatic rings. The summed E-state index contributed by atoms with van der Waals surface area (Å²) in [6, 6.07) is 23.9. The zero-order chi connectivity index (χ0) is 26.2. The van der Waals surface area contributed by atoms with Crippen molar-refractivity contribution in [2.75, 3.05) is 17.7 Å². The van der Waals surface area contributed by atoms with Gasteiger partial charge in [0, 0.05) is 22.6 Å². The van der Waals surface area contributed by atoms with Gasteiger partial charge in [0.05, 0.1) is 6.61 Å². The Bertz CT molecular complexity index is 1350. The number of nitrogens with one attached hydrogen (secondary N) is 1. The molecule has 0 bridgehead atoms. The quantitative estimate of drug-likeness (QED) is 0.160. The monoisotopic (exact) mass is 528 g/mol. The number of anilines is 1. The maximum atomic E-state index is 6.46. The predicted octanol–water partition coefficient (Wildman–Crippen LogP) is 7.30. The summed E-state index contributed by atoms with van der Waals surface area (Å²) in [6.45, 7) is 5.14. The highest BCUT2D eigenvalue weighted by molar-refractivity contribution is 7.99. The van der Waals surface area contributed by atoms with Crippen molar-refractivity contribution in [3.05, 3.63) is 83.9 Å². The van der Waals surface area contributed by atoms with Crippen LogP contribution in [-0.2, 0) is 6.61 Å². The molecule has 0 amide bonds. The van der Waals surface area contributed by atoms with Crippen molar-refractivity contribution >= 4 is 17.4 Å². The molecule has 1 unspecified atom stereocenters. The van der Waals surface area contributed by atoms with Gasteiger partial charge >= 0.3 is 0 Å². The topological polar surface area (TPSA) is 78.4 Å². The first-order valence-corrected chi connectivity index (χ1v) is 14.1. The van der Waals surface area contributed by atoms with Gasteiger partial charge in [-0.1, -0.05) is 80.1 Å². The smallest absolute Gasteiger partial charge is 0.247 e. The van der Waals surface area contributed by atoms with Crippen molar-refractivity contribution < 1.29 is 14.2 Å². The van der Waals surface area contributed by atoms with E-state index in [0.717, 1.165) is 34.6 Å². The molecule has 0 saturated carbocycles. The summed E-state index contributed by atoms with van der Waals surface area (Å²) >= 11 is 1.61. The normalized spacial score (nSPS) is 13.9. The first kappa shape index (κ1) is 25.9. The van der Waals surface area contributed by atoms with Crippen molar-refractivity contribution in [3.63, 3.8) is 0 Å². The fourth-order valence-corrected chi connectivity index (χ4v) is 4.96. The average molecular weight is 529 g/mol. The summed E-state index contributed by atoms with van der Waals surface area (Å²) in [7, 11) is 0. The molecule has 3 aromatic carbocycles. The van der Waals surface area contributed by atoms with Crippen molar-refractivity contribution in [2.45, 2.75) is 51.1 Å². The first-order chi connectivity index (χ1) is 18.7. The minimum absolute atomic E-state index is 0.459. The van der Waals surface area contributed by atoms with Gasteiger partial charge in [0.1, 0.15) is 6.61 Å². The molecule has 38 heavy (non-hydrogen) atoms. The van der Waals surface area contributed by atoms with E-state index in [4.69, 9.17) is 19.2 Å². The zero-order valence-electron chi connectivity index (χ0n) is 21.7. The van der Waals surface area contributed by atoms with Crippen molar-refractivity contribution in [1.29, 1.82) is 0 Å². The lowest BCUT2D eigenvalue weighted by Crippen LogP contribution is -2.17. The van der Waals surface area contributed by atoms with Crippen LogP contribution in [0, 0.1) is 0 Å². The minimum Gasteiger partial charge on any atom is -0.490 e. The highest BCUT2D eigenvalue weighted by atomic mass is 32.2. The van der Waals surface area contributed by atoms with Gasteiger partial charge in [0.25, 0.3) is 0 Å². The van der Waals surface area contributed by atoms with E-state index in [2.05, 4.69) is 22.4 Å². The van der Waals surface area contributed by atoms with Crippen LogP contribution in [0.25, 0.3) is 11.3 Å². The van der Waals surface area contributed by atoms with Gasteiger partial charge in [0.2, 0.25) is 11.0 Å². The second-order valence-corrected chi connectivity index (χ2v) is 9.97. The number of nitrogens with zero attached hydrogens (tertiary/aromatic N) is 3. The highest BCUT2D eigenvalue weighted by Crippen LogP contribution is 2.41. The summed E-state index contributed by atoms with van der Waals surface area (Å²) in [5.41, 5.74) is 4.41.